The van der Waals surface area contributed by atoms with Gasteiger partial charge in [0.15, 0.2) is 5.82 Å². The number of carbonyl (C=O) groups excluding carboxylic acids is 1. The lowest BCUT2D eigenvalue weighted by Crippen LogP contribution is -2.42. The third-order valence-corrected chi connectivity index (χ3v) is 4.71. The molecule has 2 heterocycles. The number of pyridine rings is 1. The summed E-state index contributed by atoms with van der Waals surface area (Å²) in [5.74, 6) is -0.330. The molecule has 0 aliphatic carbocycles. The first-order chi connectivity index (χ1) is 15.0. The molecule has 0 aliphatic heterocycles. The van der Waals surface area contributed by atoms with Gasteiger partial charge in [0.1, 0.15) is 6.17 Å². The molecule has 0 aliphatic rings. The van der Waals surface area contributed by atoms with Crippen molar-refractivity contribution in [1.29, 1.82) is 0 Å². The van der Waals surface area contributed by atoms with Crippen LogP contribution < -0.4 is 16.4 Å². The number of aliphatic hydroxyl groups is 1. The Bertz CT molecular complexity index is 948. The van der Waals surface area contributed by atoms with E-state index in [-0.39, 0.29) is 24.4 Å². The lowest BCUT2D eigenvalue weighted by atomic mass is 10.0. The number of nitrogens with one attached hydrogen (secondary N) is 2. The minimum Gasteiger partial charge on any atom is -0.404 e. The summed E-state index contributed by atoms with van der Waals surface area (Å²) in [5, 5.41) is 15.5. The zero-order valence-corrected chi connectivity index (χ0v) is 18.8. The second kappa shape index (κ2) is 11.1. The number of rotatable bonds is 10. The van der Waals surface area contributed by atoms with E-state index in [1.165, 1.54) is 45.6 Å². The highest BCUT2D eigenvalue weighted by atomic mass is 35.5. The van der Waals surface area contributed by atoms with Gasteiger partial charge in [-0.1, -0.05) is 11.6 Å². The Morgan fingerprint density at radius 3 is 2.50 bits per heavy atom. The third kappa shape index (κ3) is 7.10. The van der Waals surface area contributed by atoms with Crippen molar-refractivity contribution in [2.24, 2.45) is 5.73 Å². The van der Waals surface area contributed by atoms with Crippen LogP contribution in [0.2, 0.25) is 5.02 Å². The van der Waals surface area contributed by atoms with Crippen molar-refractivity contribution in [3.8, 4) is 0 Å². The largest absolute Gasteiger partial charge is 0.404 e. The number of carbonyl (C=O) groups is 1. The number of amides is 1. The molecule has 2 unspecified atom stereocenters. The zero-order chi connectivity index (χ0) is 23.9. The number of hydrogen-bond acceptors (Lipinski definition) is 7. The van der Waals surface area contributed by atoms with Crippen LogP contribution in [0.1, 0.15) is 49.1 Å². The summed E-state index contributed by atoms with van der Waals surface area (Å²) in [4.78, 5) is 25.2. The van der Waals surface area contributed by atoms with Crippen molar-refractivity contribution < 1.29 is 18.7 Å². The second-order valence-electron chi connectivity index (χ2n) is 7.75. The van der Waals surface area contributed by atoms with Gasteiger partial charge in [-0.25, -0.2) is 18.7 Å². The van der Waals surface area contributed by atoms with Gasteiger partial charge in [-0.15, -0.1) is 0 Å². The number of aromatic nitrogens is 3. The summed E-state index contributed by atoms with van der Waals surface area (Å²) in [6, 6.07) is 1.55. The van der Waals surface area contributed by atoms with E-state index in [0.717, 1.165) is 0 Å². The molecule has 0 radical (unpaired) electrons. The molecule has 2 aromatic heterocycles. The molecule has 0 saturated heterocycles. The topological polar surface area (TPSA) is 126 Å². The van der Waals surface area contributed by atoms with Crippen LogP contribution >= 0.6 is 11.6 Å². The fourth-order valence-electron chi connectivity index (χ4n) is 2.59. The molecule has 5 N–H and O–H groups in total. The van der Waals surface area contributed by atoms with E-state index >= 15 is 0 Å². The maximum Gasteiger partial charge on any atom is 0.255 e. The Kier molecular flexibility index (Phi) is 8.85. The van der Waals surface area contributed by atoms with Crippen molar-refractivity contribution in [2.75, 3.05) is 18.4 Å². The fraction of sp³-hybridized carbons (Fsp3) is 0.429. The maximum atomic E-state index is 14.0. The first kappa shape index (κ1) is 25.4. The fourth-order valence-corrected chi connectivity index (χ4v) is 2.69. The highest BCUT2D eigenvalue weighted by Gasteiger charge is 2.27. The second-order valence-corrected chi connectivity index (χ2v) is 8.18. The smallest absolute Gasteiger partial charge is 0.255 e. The van der Waals surface area contributed by atoms with Gasteiger partial charge in [-0.05, 0) is 33.3 Å². The van der Waals surface area contributed by atoms with Gasteiger partial charge < -0.3 is 21.5 Å². The number of halogens is 3. The predicted octanol–water partition coefficient (Wildman–Crippen LogP) is 2.87. The van der Waals surface area contributed by atoms with Crippen molar-refractivity contribution in [2.45, 2.75) is 45.1 Å². The number of alkyl halides is 2. The average Bonchev–Trinajstić information content (AvgIpc) is 2.73. The number of hydrogen-bond donors (Lipinski definition) is 4. The molecular formula is C21H27ClF2N6O2. The van der Waals surface area contributed by atoms with E-state index in [9.17, 15) is 18.7 Å². The number of nitrogens with zero attached hydrogens (tertiary/aromatic N) is 3. The molecule has 0 aromatic carbocycles. The van der Waals surface area contributed by atoms with Gasteiger partial charge in [-0.3, -0.25) is 9.78 Å². The first-order valence-corrected chi connectivity index (χ1v) is 10.3. The maximum absolute atomic E-state index is 14.0. The molecule has 0 saturated carbocycles. The quantitative estimate of drug-likeness (QED) is 0.422. The van der Waals surface area contributed by atoms with Gasteiger partial charge >= 0.3 is 0 Å². The van der Waals surface area contributed by atoms with E-state index in [4.69, 9.17) is 17.3 Å². The minimum atomic E-state index is -1.67. The van der Waals surface area contributed by atoms with Gasteiger partial charge in [0.25, 0.3) is 5.91 Å². The van der Waals surface area contributed by atoms with Gasteiger partial charge in [0, 0.05) is 31.3 Å². The highest BCUT2D eigenvalue weighted by molar-refractivity contribution is 6.30. The summed E-state index contributed by atoms with van der Waals surface area (Å²) in [7, 11) is 0. The van der Waals surface area contributed by atoms with Crippen LogP contribution in [0.15, 0.2) is 30.9 Å². The van der Waals surface area contributed by atoms with Gasteiger partial charge in [0.2, 0.25) is 0 Å². The summed E-state index contributed by atoms with van der Waals surface area (Å²) < 4.78 is 27.3. The summed E-state index contributed by atoms with van der Waals surface area (Å²) in [6.07, 6.45) is 2.89. The molecule has 8 nitrogen and oxygen atoms in total. The predicted molar refractivity (Wildman–Crippen MR) is 120 cm³/mol. The summed E-state index contributed by atoms with van der Waals surface area (Å²) >= 11 is 5.83. The zero-order valence-electron chi connectivity index (χ0n) is 18.1. The Balaban J connectivity index is 2.33. The molecular weight excluding hydrogens is 442 g/mol. The Morgan fingerprint density at radius 1 is 1.28 bits per heavy atom. The molecule has 11 heteroatoms. The third-order valence-electron chi connectivity index (χ3n) is 4.52. The van der Waals surface area contributed by atoms with Crippen LogP contribution in [0.25, 0.3) is 5.57 Å². The van der Waals surface area contributed by atoms with E-state index in [1.54, 1.807) is 6.07 Å². The van der Waals surface area contributed by atoms with Gasteiger partial charge in [0.05, 0.1) is 45.9 Å². The monoisotopic (exact) mass is 468 g/mol. The van der Waals surface area contributed by atoms with Crippen molar-refractivity contribution in [3.05, 3.63) is 53.0 Å². The van der Waals surface area contributed by atoms with E-state index in [1.807, 2.05) is 0 Å². The minimum absolute atomic E-state index is 0.122. The van der Waals surface area contributed by atoms with Crippen LogP contribution in [-0.4, -0.2) is 57.0 Å². The first-order valence-electron chi connectivity index (χ1n) is 9.95. The molecule has 0 bridgehead atoms. The molecule has 32 heavy (non-hydrogen) atoms. The molecule has 1 amide bonds. The molecule has 2 atom stereocenters. The van der Waals surface area contributed by atoms with E-state index in [2.05, 4.69) is 25.6 Å². The molecule has 0 spiro atoms. The van der Waals surface area contributed by atoms with E-state index < -0.39 is 30.4 Å². The number of anilines is 1. The van der Waals surface area contributed by atoms with Crippen molar-refractivity contribution in [3.63, 3.8) is 0 Å². The van der Waals surface area contributed by atoms with Crippen LogP contribution in [0, 0.1) is 0 Å². The van der Waals surface area contributed by atoms with Crippen LogP contribution in [-0.2, 0) is 0 Å². The lowest BCUT2D eigenvalue weighted by Gasteiger charge is -2.22. The normalized spacial score (nSPS) is 14.0. The van der Waals surface area contributed by atoms with Crippen molar-refractivity contribution in [1.82, 2.24) is 20.3 Å². The average molecular weight is 469 g/mol. The Morgan fingerprint density at radius 2 is 1.94 bits per heavy atom. The van der Waals surface area contributed by atoms with Crippen molar-refractivity contribution >= 4 is 28.8 Å². The molecule has 2 aromatic rings. The Labute approximate surface area is 190 Å². The highest BCUT2D eigenvalue weighted by Crippen LogP contribution is 2.24. The molecule has 174 valence electrons. The van der Waals surface area contributed by atoms with E-state index in [0.29, 0.717) is 22.0 Å². The molecule has 2 rings (SSSR count). The van der Waals surface area contributed by atoms with Gasteiger partial charge in [-0.2, -0.15) is 0 Å². The lowest BCUT2D eigenvalue weighted by molar-refractivity contribution is -0.00177. The SMILES string of the molecule is CC(F)CCNc1cc(C(=CN)c2ncc(Cl)cn2)ncc1C(=O)NCC(F)C(C)(C)O. The van der Waals surface area contributed by atoms with Crippen LogP contribution in [0.4, 0.5) is 14.5 Å². The summed E-state index contributed by atoms with van der Waals surface area (Å²) in [6.45, 7) is 3.90. The standard InChI is InChI=1S/C21H27ClF2N6O2/c1-12(23)4-5-26-17-6-16(14(7-25)19-28-8-13(22)9-29-19)27-10-15(17)20(31)30-11-18(24)21(2,3)32/h6-10,12,18,32H,4-5,11,25H2,1-3H3,(H,26,27)(H,30,31). The Hall–Kier alpha value is -2.85. The molecule has 0 fully saturated rings. The van der Waals surface area contributed by atoms with Crippen LogP contribution in [0.5, 0.6) is 0 Å². The summed E-state index contributed by atoms with van der Waals surface area (Å²) in [5.41, 5.74) is 5.37. The number of nitrogens with two attached hydrogens (primary N) is 1. The van der Waals surface area contributed by atoms with Crippen LogP contribution in [0.3, 0.4) is 0 Å².